The van der Waals surface area contributed by atoms with Crippen molar-refractivity contribution >= 4 is 39.1 Å². The monoisotopic (exact) mass is 385 g/mol. The zero-order valence-corrected chi connectivity index (χ0v) is 14.5. The number of alkyl halides is 1. The molecular weight excluding hydrogens is 369 g/mol. The lowest BCUT2D eigenvalue weighted by molar-refractivity contribution is -0.138. The third kappa shape index (κ3) is 2.39. The molecule has 0 radical (unpaired) electrons. The molecule has 0 saturated heterocycles. The van der Waals surface area contributed by atoms with Crippen molar-refractivity contribution in [2.75, 3.05) is 5.32 Å². The summed E-state index contributed by atoms with van der Waals surface area (Å²) in [5, 5.41) is 3.24. The molecule has 0 aromatic heterocycles. The third-order valence-corrected chi connectivity index (χ3v) is 6.81. The van der Waals surface area contributed by atoms with E-state index in [4.69, 9.17) is 11.6 Å². The number of nitrogens with one attached hydrogen (secondary N) is 1. The zero-order chi connectivity index (χ0) is 15.5. The van der Waals surface area contributed by atoms with Gasteiger partial charge in [0, 0.05) is 9.35 Å². The first-order valence-corrected chi connectivity index (χ1v) is 9.00. The van der Waals surface area contributed by atoms with Crippen molar-refractivity contribution in [2.24, 2.45) is 17.3 Å². The van der Waals surface area contributed by atoms with Gasteiger partial charge in [0.2, 0.25) is 5.91 Å². The fourth-order valence-electron chi connectivity index (χ4n) is 5.26. The molecule has 118 valence electrons. The van der Waals surface area contributed by atoms with Crippen molar-refractivity contribution in [3.8, 4) is 0 Å². The first-order valence-electron chi connectivity index (χ1n) is 7.83. The Labute approximate surface area is 142 Å². The van der Waals surface area contributed by atoms with Crippen LogP contribution >= 0.6 is 27.5 Å². The fourth-order valence-corrected chi connectivity index (χ4v) is 6.89. The van der Waals surface area contributed by atoms with E-state index in [0.29, 0.717) is 16.9 Å². The van der Waals surface area contributed by atoms with Crippen LogP contribution in [0.1, 0.15) is 38.5 Å². The van der Waals surface area contributed by atoms with Crippen molar-refractivity contribution in [3.63, 3.8) is 0 Å². The molecule has 4 saturated carbocycles. The maximum atomic E-state index is 13.9. The Balaban J connectivity index is 1.61. The smallest absolute Gasteiger partial charge is 0.230 e. The fraction of sp³-hybridized carbons (Fsp3) is 0.588. The molecule has 5 rings (SSSR count). The Morgan fingerprint density at radius 1 is 1.27 bits per heavy atom. The minimum absolute atomic E-state index is 0.0356. The molecule has 22 heavy (non-hydrogen) atoms. The Bertz CT molecular complexity index is 636. The van der Waals surface area contributed by atoms with Gasteiger partial charge in [0.15, 0.2) is 0 Å². The first-order chi connectivity index (χ1) is 10.4. The lowest BCUT2D eigenvalue weighted by Crippen LogP contribution is -2.57. The second-order valence-electron chi connectivity index (χ2n) is 7.47. The maximum Gasteiger partial charge on any atom is 0.230 e. The summed E-state index contributed by atoms with van der Waals surface area (Å²) in [6.45, 7) is 0. The van der Waals surface area contributed by atoms with Gasteiger partial charge in [-0.15, -0.1) is 0 Å². The van der Waals surface area contributed by atoms with Gasteiger partial charge in [-0.05, 0) is 68.6 Å². The molecule has 4 atom stereocenters. The number of carbonyl (C=O) groups excluding carboxylic acids is 1. The van der Waals surface area contributed by atoms with E-state index in [1.165, 1.54) is 37.5 Å². The maximum absolute atomic E-state index is 13.9. The predicted molar refractivity (Wildman–Crippen MR) is 88.8 cm³/mol. The van der Waals surface area contributed by atoms with Gasteiger partial charge < -0.3 is 5.32 Å². The Kier molecular flexibility index (Phi) is 3.36. The number of carbonyl (C=O) groups is 1. The highest BCUT2D eigenvalue weighted by Crippen LogP contribution is 2.64. The van der Waals surface area contributed by atoms with E-state index in [2.05, 4.69) is 21.2 Å². The van der Waals surface area contributed by atoms with E-state index >= 15 is 0 Å². The minimum Gasteiger partial charge on any atom is -0.323 e. The van der Waals surface area contributed by atoms with Gasteiger partial charge in [0.1, 0.15) is 5.82 Å². The van der Waals surface area contributed by atoms with Gasteiger partial charge in [-0.25, -0.2) is 4.39 Å². The number of amides is 1. The van der Waals surface area contributed by atoms with Crippen LogP contribution in [-0.2, 0) is 4.79 Å². The summed E-state index contributed by atoms with van der Waals surface area (Å²) in [5.74, 6) is 0.772. The number of rotatable bonds is 2. The van der Waals surface area contributed by atoms with Crippen LogP contribution in [0.2, 0.25) is 5.02 Å². The van der Waals surface area contributed by atoms with E-state index < -0.39 is 5.82 Å². The number of anilines is 1. The highest BCUT2D eigenvalue weighted by atomic mass is 79.9. The molecule has 2 nitrogen and oxygen atoms in total. The Morgan fingerprint density at radius 2 is 1.95 bits per heavy atom. The van der Waals surface area contributed by atoms with Crippen LogP contribution in [0.25, 0.3) is 0 Å². The molecule has 0 aliphatic heterocycles. The number of hydrogen-bond acceptors (Lipinski definition) is 1. The van der Waals surface area contributed by atoms with E-state index in [1.54, 1.807) is 0 Å². The summed E-state index contributed by atoms with van der Waals surface area (Å²) < 4.78 is 14.0. The van der Waals surface area contributed by atoms with E-state index in [1.807, 2.05) is 0 Å². The quantitative estimate of drug-likeness (QED) is 0.700. The van der Waals surface area contributed by atoms with E-state index in [-0.39, 0.29) is 21.3 Å². The molecule has 2 unspecified atom stereocenters. The summed E-state index contributed by atoms with van der Waals surface area (Å²) in [4.78, 5) is 12.9. The molecular formula is C17H18BrClFNO. The average Bonchev–Trinajstić information content (AvgIpc) is 2.40. The molecule has 4 aliphatic carbocycles. The lowest BCUT2D eigenvalue weighted by Gasteiger charge is -2.59. The molecule has 4 bridgehead atoms. The van der Waals surface area contributed by atoms with Gasteiger partial charge >= 0.3 is 0 Å². The number of halogens is 3. The molecule has 1 N–H and O–H groups in total. The minimum atomic E-state index is -0.434. The van der Waals surface area contributed by atoms with E-state index in [9.17, 15) is 9.18 Å². The second-order valence-corrected chi connectivity index (χ2v) is 9.59. The SMILES string of the molecule is O=C(Nc1cc(Cl)ccc1F)C12C[C@@H]3C[C@@H](CC(Br)(C3)C1)C2. The highest BCUT2D eigenvalue weighted by Gasteiger charge is 2.59. The summed E-state index contributed by atoms with van der Waals surface area (Å²) >= 11 is 9.81. The molecule has 1 amide bonds. The third-order valence-electron chi connectivity index (χ3n) is 5.65. The predicted octanol–water partition coefficient (Wildman–Crippen LogP) is 5.15. The van der Waals surface area contributed by atoms with E-state index in [0.717, 1.165) is 19.3 Å². The van der Waals surface area contributed by atoms with Crippen LogP contribution in [0.5, 0.6) is 0 Å². The standard InChI is InChI=1S/C17H18BrClFNO/c18-17-7-10-3-11(8-17)6-16(5-10,9-17)15(22)21-14-4-12(19)1-2-13(14)20/h1-2,4,10-11H,3,5-9H2,(H,21,22)/t10-,11+,16?,17?. The number of benzene rings is 1. The highest BCUT2D eigenvalue weighted by molar-refractivity contribution is 9.10. The molecule has 5 heteroatoms. The van der Waals surface area contributed by atoms with Gasteiger partial charge in [-0.3, -0.25) is 4.79 Å². The van der Waals surface area contributed by atoms with Gasteiger partial charge in [-0.1, -0.05) is 27.5 Å². The van der Waals surface area contributed by atoms with Crippen LogP contribution < -0.4 is 5.32 Å². The van der Waals surface area contributed by atoms with Gasteiger partial charge in [0.05, 0.1) is 11.1 Å². The van der Waals surface area contributed by atoms with Crippen molar-refractivity contribution in [1.82, 2.24) is 0 Å². The zero-order valence-electron chi connectivity index (χ0n) is 12.2. The topological polar surface area (TPSA) is 29.1 Å². The average molecular weight is 387 g/mol. The van der Waals surface area contributed by atoms with Crippen molar-refractivity contribution in [2.45, 2.75) is 42.8 Å². The number of hydrogen-bond donors (Lipinski definition) is 1. The Morgan fingerprint density at radius 3 is 2.59 bits per heavy atom. The molecule has 4 fully saturated rings. The van der Waals surface area contributed by atoms with Gasteiger partial charge in [0.25, 0.3) is 0 Å². The summed E-state index contributed by atoms with van der Waals surface area (Å²) in [5.41, 5.74) is -0.153. The normalized spacial score (nSPS) is 39.0. The summed E-state index contributed by atoms with van der Waals surface area (Å²) in [7, 11) is 0. The van der Waals surface area contributed by atoms with Crippen LogP contribution in [0.15, 0.2) is 18.2 Å². The molecule has 4 aliphatic rings. The molecule has 1 aromatic rings. The molecule has 0 spiro atoms. The second kappa shape index (κ2) is 4.94. The largest absolute Gasteiger partial charge is 0.323 e. The van der Waals surface area contributed by atoms with Crippen molar-refractivity contribution < 1.29 is 9.18 Å². The Hall–Kier alpha value is -0.610. The summed E-state index contributed by atoms with van der Waals surface area (Å²) in [6, 6.07) is 4.27. The van der Waals surface area contributed by atoms with Crippen molar-refractivity contribution in [1.29, 1.82) is 0 Å². The molecule has 0 heterocycles. The summed E-state index contributed by atoms with van der Waals surface area (Å²) in [6.07, 6.45) is 6.32. The first kappa shape index (κ1) is 14.9. The lowest BCUT2D eigenvalue weighted by atomic mass is 9.49. The van der Waals surface area contributed by atoms with Crippen LogP contribution in [0.4, 0.5) is 10.1 Å². The molecule has 1 aromatic carbocycles. The van der Waals surface area contributed by atoms with Crippen molar-refractivity contribution in [3.05, 3.63) is 29.0 Å². The van der Waals surface area contributed by atoms with Gasteiger partial charge in [-0.2, -0.15) is 0 Å². The van der Waals surface area contributed by atoms with Crippen LogP contribution in [-0.4, -0.2) is 10.2 Å². The van der Waals surface area contributed by atoms with Crippen LogP contribution in [0.3, 0.4) is 0 Å². The van der Waals surface area contributed by atoms with Crippen LogP contribution in [0, 0.1) is 23.1 Å².